The van der Waals surface area contributed by atoms with Gasteiger partial charge in [-0.05, 0) is 150 Å². The first-order valence-corrected chi connectivity index (χ1v) is 22.2. The number of anilines is 2. The van der Waals surface area contributed by atoms with Gasteiger partial charge < -0.3 is 5.32 Å². The normalized spacial score (nSPS) is 16.4. The van der Waals surface area contributed by atoms with Gasteiger partial charge in [0, 0.05) is 17.6 Å². The molecule has 0 saturated heterocycles. The second-order valence-corrected chi connectivity index (χ2v) is 16.1. The van der Waals surface area contributed by atoms with Gasteiger partial charge in [-0.25, -0.2) is 0 Å². The Bertz CT molecular complexity index is 2850. The Hall–Kier alpha value is -7.55. The zero-order valence-corrected chi connectivity index (χ0v) is 37.6. The van der Waals surface area contributed by atoms with Gasteiger partial charge in [-0.3, -0.25) is 4.99 Å². The lowest BCUT2D eigenvalue weighted by atomic mass is 9.71. The summed E-state index contributed by atoms with van der Waals surface area (Å²) in [5, 5.41) is 3.73. The Morgan fingerprint density at radius 2 is 1.58 bits per heavy atom. The second-order valence-electron chi connectivity index (χ2n) is 16.1. The predicted octanol–water partition coefficient (Wildman–Crippen LogP) is 17.0. The van der Waals surface area contributed by atoms with E-state index in [2.05, 4.69) is 221 Å². The van der Waals surface area contributed by atoms with Crippen molar-refractivity contribution in [1.82, 2.24) is 0 Å². The number of nitrogens with one attached hydrogen (secondary N) is 1. The summed E-state index contributed by atoms with van der Waals surface area (Å²) in [6.45, 7) is 16.5. The van der Waals surface area contributed by atoms with E-state index in [1.807, 2.05) is 43.5 Å². The van der Waals surface area contributed by atoms with Crippen molar-refractivity contribution in [3.05, 3.63) is 276 Å². The zero-order chi connectivity index (χ0) is 44.7. The molecule has 2 aliphatic rings. The third-order valence-corrected chi connectivity index (χ3v) is 11.7. The summed E-state index contributed by atoms with van der Waals surface area (Å²) in [6.07, 6.45) is 41.5. The van der Waals surface area contributed by atoms with Gasteiger partial charge in [0.15, 0.2) is 0 Å². The highest BCUT2D eigenvalue weighted by Crippen LogP contribution is 2.55. The molecule has 0 spiro atoms. The minimum Gasteiger partial charge on any atom is -0.355 e. The highest BCUT2D eigenvalue weighted by Gasteiger charge is 2.44. The van der Waals surface area contributed by atoms with Crippen LogP contribution in [0.15, 0.2) is 253 Å². The number of aliphatic imine (C=N–C) groups is 1. The second kappa shape index (κ2) is 21.5. The third-order valence-electron chi connectivity index (χ3n) is 11.7. The number of fused-ring (bicyclic) bond motifs is 3. The molecule has 1 N–H and O–H groups in total. The Balaban J connectivity index is 1.27. The van der Waals surface area contributed by atoms with E-state index in [-0.39, 0.29) is 5.41 Å². The van der Waals surface area contributed by atoms with Crippen LogP contribution in [0.2, 0.25) is 0 Å². The molecule has 0 amide bonds. The van der Waals surface area contributed by atoms with Crippen molar-refractivity contribution in [2.45, 2.75) is 46.0 Å². The number of hydrogen-bond donors (Lipinski definition) is 1. The first kappa shape index (κ1) is 44.5. The van der Waals surface area contributed by atoms with Crippen LogP contribution >= 0.6 is 0 Å². The number of nitrogens with zero attached hydrogens (tertiary/aromatic N) is 1. The molecular formula is C62H58N2. The van der Waals surface area contributed by atoms with E-state index < -0.39 is 0 Å². The van der Waals surface area contributed by atoms with Crippen LogP contribution in [0, 0.1) is 6.92 Å². The number of aryl methyl sites for hydroxylation is 1. The summed E-state index contributed by atoms with van der Waals surface area (Å²) >= 11 is 0. The molecule has 64 heavy (non-hydrogen) atoms. The van der Waals surface area contributed by atoms with Gasteiger partial charge in [0.25, 0.3) is 0 Å². The maximum Gasteiger partial charge on any atom is 0.0633 e. The number of allylic oxidation sites excluding steroid dienone is 22. The summed E-state index contributed by atoms with van der Waals surface area (Å²) < 4.78 is 0. The fraction of sp³-hybridized carbons (Fsp3) is 0.113. The molecule has 0 saturated carbocycles. The fourth-order valence-corrected chi connectivity index (χ4v) is 8.44. The van der Waals surface area contributed by atoms with E-state index in [1.54, 1.807) is 6.08 Å². The zero-order valence-electron chi connectivity index (χ0n) is 37.6. The van der Waals surface area contributed by atoms with E-state index in [1.165, 1.54) is 50.1 Å². The smallest absolute Gasteiger partial charge is 0.0633 e. The standard InChI is InChI=1S/C62H58N2/c1-7-10-13-14-16-25-53-44-51(33-38-61(53)64-55-34-31-49(32-35-55)50-26-22-23-46(4)42-50)52(43-48(6)47(5)24-15-11-8-2)39-41-63-56-36-37-58-57-29-19-20-30-59(57)62(60(58)45-56,40-21-12-9-3)54-27-17-18-28-54/h7-24,26-27,29-45,64H,1,5,25,28H2,2-4,6H3/b11-8-,12-9-,13-10-,16-14-,24-15-,40-21-,48-43+,52-39+,63-41?. The van der Waals surface area contributed by atoms with Gasteiger partial charge in [-0.15, -0.1) is 0 Å². The molecule has 2 heteroatoms. The minimum absolute atomic E-state index is 0.382. The van der Waals surface area contributed by atoms with E-state index in [9.17, 15) is 0 Å². The van der Waals surface area contributed by atoms with E-state index in [4.69, 9.17) is 4.99 Å². The van der Waals surface area contributed by atoms with Crippen molar-refractivity contribution in [2.75, 3.05) is 5.32 Å². The molecule has 5 aromatic carbocycles. The number of rotatable bonds is 17. The van der Waals surface area contributed by atoms with Crippen LogP contribution in [-0.2, 0) is 11.8 Å². The van der Waals surface area contributed by atoms with Gasteiger partial charge in [-0.1, -0.05) is 195 Å². The summed E-state index contributed by atoms with van der Waals surface area (Å²) in [4.78, 5) is 5.13. The summed E-state index contributed by atoms with van der Waals surface area (Å²) in [7, 11) is 0. The molecule has 5 aromatic rings. The lowest BCUT2D eigenvalue weighted by Crippen LogP contribution is -2.24. The SMILES string of the molecule is C=C/C=C\C=C/Cc1cc(C(/C=C(\C)C(=C)/C=C\C=C/C)=C/C=Nc2ccc3c(c2)C(/C=C\C=C/C)(C2=CC=CC2)c2ccccc2-3)ccc1Nc1ccc(-c2cccc(C)c2)cc1. The van der Waals surface area contributed by atoms with Gasteiger partial charge in [0.2, 0.25) is 0 Å². The Labute approximate surface area is 381 Å². The highest BCUT2D eigenvalue weighted by atomic mass is 14.9. The average molecular weight is 831 g/mol. The molecule has 0 aromatic heterocycles. The molecule has 2 nitrogen and oxygen atoms in total. The molecule has 0 radical (unpaired) electrons. The largest absolute Gasteiger partial charge is 0.355 e. The summed E-state index contributed by atoms with van der Waals surface area (Å²) in [5.74, 6) is 0. The van der Waals surface area contributed by atoms with Crippen LogP contribution < -0.4 is 5.32 Å². The van der Waals surface area contributed by atoms with Crippen molar-refractivity contribution in [3.63, 3.8) is 0 Å². The first-order valence-electron chi connectivity index (χ1n) is 22.2. The van der Waals surface area contributed by atoms with Gasteiger partial charge >= 0.3 is 0 Å². The maximum atomic E-state index is 5.13. The molecule has 0 bridgehead atoms. The lowest BCUT2D eigenvalue weighted by Gasteiger charge is -2.31. The third kappa shape index (κ3) is 10.4. The van der Waals surface area contributed by atoms with Crippen molar-refractivity contribution in [1.29, 1.82) is 0 Å². The molecule has 316 valence electrons. The highest BCUT2D eigenvalue weighted by molar-refractivity contribution is 5.92. The van der Waals surface area contributed by atoms with Gasteiger partial charge in [0.1, 0.15) is 0 Å². The van der Waals surface area contributed by atoms with E-state index in [0.717, 1.165) is 52.2 Å². The van der Waals surface area contributed by atoms with Crippen LogP contribution in [0.25, 0.3) is 27.8 Å². The molecule has 2 aliphatic carbocycles. The number of hydrogen-bond acceptors (Lipinski definition) is 2. The molecule has 7 rings (SSSR count). The van der Waals surface area contributed by atoms with Crippen molar-refractivity contribution in [2.24, 2.45) is 4.99 Å². The van der Waals surface area contributed by atoms with Crippen molar-refractivity contribution >= 4 is 28.8 Å². The maximum absolute atomic E-state index is 5.13. The molecule has 0 fully saturated rings. The lowest BCUT2D eigenvalue weighted by molar-refractivity contribution is 0.763. The number of benzene rings is 5. The molecule has 0 heterocycles. The van der Waals surface area contributed by atoms with E-state index >= 15 is 0 Å². The molecular weight excluding hydrogens is 773 g/mol. The van der Waals surface area contributed by atoms with Crippen LogP contribution in [0.4, 0.5) is 17.1 Å². The summed E-state index contributed by atoms with van der Waals surface area (Å²) in [5.41, 5.74) is 18.0. The Morgan fingerprint density at radius 1 is 0.766 bits per heavy atom. The van der Waals surface area contributed by atoms with Gasteiger partial charge in [-0.2, -0.15) is 0 Å². The molecule has 1 unspecified atom stereocenters. The van der Waals surface area contributed by atoms with E-state index in [0.29, 0.717) is 0 Å². The average Bonchev–Trinajstić information content (AvgIpc) is 3.95. The van der Waals surface area contributed by atoms with Crippen molar-refractivity contribution in [3.8, 4) is 22.3 Å². The summed E-state index contributed by atoms with van der Waals surface area (Å²) in [6, 6.07) is 39.5. The van der Waals surface area contributed by atoms with Crippen LogP contribution in [0.5, 0.6) is 0 Å². The molecule has 0 aliphatic heterocycles. The van der Waals surface area contributed by atoms with Gasteiger partial charge in [0.05, 0.1) is 11.1 Å². The monoisotopic (exact) mass is 830 g/mol. The van der Waals surface area contributed by atoms with Crippen LogP contribution in [-0.4, -0.2) is 6.21 Å². The first-order chi connectivity index (χ1) is 31.3. The Kier molecular flexibility index (Phi) is 14.9. The molecule has 1 atom stereocenters. The fourth-order valence-electron chi connectivity index (χ4n) is 8.44. The minimum atomic E-state index is -0.382. The quantitative estimate of drug-likeness (QED) is 0.0733. The topological polar surface area (TPSA) is 24.4 Å². The van der Waals surface area contributed by atoms with Crippen LogP contribution in [0.3, 0.4) is 0 Å². The van der Waals surface area contributed by atoms with Crippen LogP contribution in [0.1, 0.15) is 55.0 Å². The van der Waals surface area contributed by atoms with Crippen molar-refractivity contribution < 1.29 is 0 Å². The Morgan fingerprint density at radius 3 is 2.36 bits per heavy atom. The predicted molar refractivity (Wildman–Crippen MR) is 280 cm³/mol.